The fourth-order valence-electron chi connectivity index (χ4n) is 11.2. The van der Waals surface area contributed by atoms with E-state index in [1.54, 1.807) is 0 Å². The van der Waals surface area contributed by atoms with E-state index in [1.807, 2.05) is 0 Å². The highest BCUT2D eigenvalue weighted by atomic mass is 16.6. The van der Waals surface area contributed by atoms with Crippen molar-refractivity contribution < 1.29 is 28.6 Å². The van der Waals surface area contributed by atoms with Crippen LogP contribution in [0, 0.1) is 0 Å². The monoisotopic (exact) mass is 1160 g/mol. The molecule has 0 aromatic carbocycles. The summed E-state index contributed by atoms with van der Waals surface area (Å²) in [5.41, 5.74) is 0. The standard InChI is InChI=1S/C77H142O6/c1-4-7-10-13-16-19-22-25-28-31-33-35-37-38-40-41-43-46-49-52-55-58-61-64-67-70-76(79)82-73-74(72-81-75(78)69-66-63-60-57-54-51-48-45-30-27-24-21-18-15-12-9-6-3)83-77(80)71-68-65-62-59-56-53-50-47-44-42-39-36-34-32-29-26-23-20-17-14-11-8-5-2/h22,25,27,30-31,33,37-38,74H,4-21,23-24,26,28-29,32,34-36,39-73H2,1-3H3/b25-22-,30-27-,33-31-,38-37-. The number of allylic oxidation sites excluding steroid dienone is 8. The number of ether oxygens (including phenoxy) is 3. The third-order valence-corrected chi connectivity index (χ3v) is 16.8. The van der Waals surface area contributed by atoms with Gasteiger partial charge in [0.2, 0.25) is 0 Å². The number of unbranched alkanes of at least 4 members (excludes halogenated alkanes) is 50. The Morgan fingerprint density at radius 3 is 0.687 bits per heavy atom. The average molecular weight is 1160 g/mol. The molecule has 1 atom stereocenters. The fourth-order valence-corrected chi connectivity index (χ4v) is 11.2. The molecule has 1 unspecified atom stereocenters. The molecule has 6 nitrogen and oxygen atoms in total. The summed E-state index contributed by atoms with van der Waals surface area (Å²) in [6.45, 7) is 6.70. The van der Waals surface area contributed by atoms with E-state index < -0.39 is 6.10 Å². The van der Waals surface area contributed by atoms with Gasteiger partial charge in [0.05, 0.1) is 0 Å². The summed E-state index contributed by atoms with van der Waals surface area (Å²) < 4.78 is 17.0. The third-order valence-electron chi connectivity index (χ3n) is 16.8. The summed E-state index contributed by atoms with van der Waals surface area (Å²) in [7, 11) is 0. The highest BCUT2D eigenvalue weighted by Crippen LogP contribution is 2.19. The summed E-state index contributed by atoms with van der Waals surface area (Å²) in [4.78, 5) is 38.5. The molecule has 83 heavy (non-hydrogen) atoms. The number of rotatable bonds is 69. The van der Waals surface area contributed by atoms with E-state index >= 15 is 0 Å². The number of carbonyl (C=O) groups excluding carboxylic acids is 3. The van der Waals surface area contributed by atoms with Crippen molar-refractivity contribution in [1.29, 1.82) is 0 Å². The van der Waals surface area contributed by atoms with Gasteiger partial charge in [0, 0.05) is 19.3 Å². The molecule has 6 heteroatoms. The molecule has 0 aliphatic carbocycles. The Kier molecular flexibility index (Phi) is 69.6. The molecule has 0 aromatic rings. The number of esters is 3. The predicted molar refractivity (Wildman–Crippen MR) is 362 cm³/mol. The van der Waals surface area contributed by atoms with Gasteiger partial charge in [0.15, 0.2) is 6.10 Å². The Morgan fingerprint density at radius 2 is 0.434 bits per heavy atom. The van der Waals surface area contributed by atoms with Crippen LogP contribution < -0.4 is 0 Å². The Balaban J connectivity index is 4.31. The fraction of sp³-hybridized carbons (Fsp3) is 0.857. The van der Waals surface area contributed by atoms with E-state index in [0.717, 1.165) is 70.6 Å². The van der Waals surface area contributed by atoms with Crippen LogP contribution in [0.3, 0.4) is 0 Å². The van der Waals surface area contributed by atoms with Gasteiger partial charge >= 0.3 is 17.9 Å². The summed E-state index contributed by atoms with van der Waals surface area (Å²) in [6.07, 6.45) is 91.4. The first-order valence-corrected chi connectivity index (χ1v) is 37.1. The zero-order valence-corrected chi connectivity index (χ0v) is 56.0. The van der Waals surface area contributed by atoms with E-state index in [9.17, 15) is 14.4 Å². The van der Waals surface area contributed by atoms with Crippen LogP contribution in [-0.4, -0.2) is 37.2 Å². The molecule has 0 saturated heterocycles. The maximum atomic E-state index is 13.0. The summed E-state index contributed by atoms with van der Waals surface area (Å²) >= 11 is 0. The van der Waals surface area contributed by atoms with Crippen molar-refractivity contribution in [2.75, 3.05) is 13.2 Å². The highest BCUT2D eigenvalue weighted by Gasteiger charge is 2.19. The van der Waals surface area contributed by atoms with E-state index in [1.165, 1.54) is 295 Å². The molecule has 0 N–H and O–H groups in total. The van der Waals surface area contributed by atoms with Gasteiger partial charge in [-0.25, -0.2) is 0 Å². The zero-order chi connectivity index (χ0) is 59.9. The van der Waals surface area contributed by atoms with Gasteiger partial charge < -0.3 is 14.2 Å². The zero-order valence-electron chi connectivity index (χ0n) is 56.0. The summed E-state index contributed by atoms with van der Waals surface area (Å²) in [5, 5.41) is 0. The third kappa shape index (κ3) is 70.0. The largest absolute Gasteiger partial charge is 0.462 e. The van der Waals surface area contributed by atoms with Gasteiger partial charge in [-0.1, -0.05) is 352 Å². The normalized spacial score (nSPS) is 12.3. The summed E-state index contributed by atoms with van der Waals surface area (Å²) in [5.74, 6) is -0.849. The SMILES string of the molecule is CCCCCCC/C=C\C/C=C\C/C=C\CCCCCCCCCCCCC(=O)OCC(COC(=O)CCCCCCCCC/C=C\CCCCCCCC)OC(=O)CCCCCCCCCCCCCCCCCCCCCCCCC. The van der Waals surface area contributed by atoms with E-state index in [0.29, 0.717) is 19.3 Å². The maximum absolute atomic E-state index is 13.0. The van der Waals surface area contributed by atoms with Gasteiger partial charge in [-0.2, -0.15) is 0 Å². The lowest BCUT2D eigenvalue weighted by Crippen LogP contribution is -2.30. The Morgan fingerprint density at radius 1 is 0.241 bits per heavy atom. The Bertz CT molecular complexity index is 1430. The van der Waals surface area contributed by atoms with Crippen LogP contribution in [0.5, 0.6) is 0 Å². The maximum Gasteiger partial charge on any atom is 0.306 e. The molecule has 0 rings (SSSR count). The molecule has 0 fully saturated rings. The average Bonchev–Trinajstić information content (AvgIpc) is 3.49. The van der Waals surface area contributed by atoms with Crippen LogP contribution in [0.4, 0.5) is 0 Å². The molecule has 0 bridgehead atoms. The lowest BCUT2D eigenvalue weighted by atomic mass is 10.0. The first-order chi connectivity index (χ1) is 41.0. The minimum absolute atomic E-state index is 0.0721. The Hall–Kier alpha value is -2.63. The molecule has 0 aromatic heterocycles. The van der Waals surface area contributed by atoms with Gasteiger partial charge in [0.1, 0.15) is 13.2 Å². The van der Waals surface area contributed by atoms with Crippen LogP contribution in [0.15, 0.2) is 48.6 Å². The summed E-state index contributed by atoms with van der Waals surface area (Å²) in [6, 6.07) is 0. The molecular weight excluding hydrogens is 1020 g/mol. The molecule has 0 aliphatic rings. The molecule has 0 amide bonds. The van der Waals surface area contributed by atoms with Crippen LogP contribution in [-0.2, 0) is 28.6 Å². The van der Waals surface area contributed by atoms with Gasteiger partial charge in [-0.15, -0.1) is 0 Å². The quantitative estimate of drug-likeness (QED) is 0.0261. The number of hydrogen-bond donors (Lipinski definition) is 0. The van der Waals surface area contributed by atoms with Crippen LogP contribution in [0.2, 0.25) is 0 Å². The molecule has 0 radical (unpaired) electrons. The van der Waals surface area contributed by atoms with Crippen molar-refractivity contribution in [2.24, 2.45) is 0 Å². The van der Waals surface area contributed by atoms with Crippen molar-refractivity contribution in [3.05, 3.63) is 48.6 Å². The molecule has 0 spiro atoms. The lowest BCUT2D eigenvalue weighted by molar-refractivity contribution is -0.167. The van der Waals surface area contributed by atoms with Crippen LogP contribution in [0.25, 0.3) is 0 Å². The molecule has 0 heterocycles. The van der Waals surface area contributed by atoms with Crippen molar-refractivity contribution in [3.63, 3.8) is 0 Å². The molecule has 486 valence electrons. The predicted octanol–water partition coefficient (Wildman–Crippen LogP) is 25.7. The van der Waals surface area contributed by atoms with Crippen molar-refractivity contribution >= 4 is 17.9 Å². The van der Waals surface area contributed by atoms with Crippen molar-refractivity contribution in [3.8, 4) is 0 Å². The van der Waals surface area contributed by atoms with E-state index in [2.05, 4.69) is 69.4 Å². The first kappa shape index (κ1) is 80.4. The number of hydrogen-bond acceptors (Lipinski definition) is 6. The minimum atomic E-state index is -0.777. The highest BCUT2D eigenvalue weighted by molar-refractivity contribution is 5.71. The lowest BCUT2D eigenvalue weighted by Gasteiger charge is -2.18. The van der Waals surface area contributed by atoms with Crippen LogP contribution in [0.1, 0.15) is 406 Å². The molecule has 0 saturated carbocycles. The first-order valence-electron chi connectivity index (χ1n) is 37.1. The topological polar surface area (TPSA) is 78.9 Å². The van der Waals surface area contributed by atoms with Crippen LogP contribution >= 0.6 is 0 Å². The minimum Gasteiger partial charge on any atom is -0.462 e. The van der Waals surface area contributed by atoms with Crippen molar-refractivity contribution in [2.45, 2.75) is 412 Å². The second-order valence-corrected chi connectivity index (χ2v) is 25.2. The Labute approximate surface area is 518 Å². The van der Waals surface area contributed by atoms with Gasteiger partial charge in [-0.3, -0.25) is 14.4 Å². The van der Waals surface area contributed by atoms with E-state index in [4.69, 9.17) is 14.2 Å². The second-order valence-electron chi connectivity index (χ2n) is 25.2. The molecular formula is C77H142O6. The smallest absolute Gasteiger partial charge is 0.306 e. The van der Waals surface area contributed by atoms with Gasteiger partial charge in [0.25, 0.3) is 0 Å². The molecule has 0 aliphatic heterocycles. The van der Waals surface area contributed by atoms with Gasteiger partial charge in [-0.05, 0) is 83.5 Å². The number of carbonyl (C=O) groups is 3. The van der Waals surface area contributed by atoms with Crippen molar-refractivity contribution in [1.82, 2.24) is 0 Å². The van der Waals surface area contributed by atoms with E-state index in [-0.39, 0.29) is 31.1 Å². The second kappa shape index (κ2) is 71.8.